The Bertz CT molecular complexity index is 684. The summed E-state index contributed by atoms with van der Waals surface area (Å²) < 4.78 is 5.26. The van der Waals surface area contributed by atoms with Crippen LogP contribution in [0.15, 0.2) is 23.2 Å². The highest BCUT2D eigenvalue weighted by Gasteiger charge is 2.46. The van der Waals surface area contributed by atoms with Gasteiger partial charge in [0.2, 0.25) is 5.91 Å². The Kier molecular flexibility index (Phi) is 4.13. The predicted molar refractivity (Wildman–Crippen MR) is 92.1 cm³/mol. The average Bonchev–Trinajstić information content (AvgIpc) is 3.28. The van der Waals surface area contributed by atoms with E-state index in [2.05, 4.69) is 17.1 Å². The van der Waals surface area contributed by atoms with Crippen molar-refractivity contribution in [1.29, 1.82) is 0 Å². The molecule has 2 saturated carbocycles. The average molecular weight is 343 g/mol. The zero-order valence-corrected chi connectivity index (χ0v) is 14.5. The fourth-order valence-corrected chi connectivity index (χ4v) is 4.33. The highest BCUT2D eigenvalue weighted by molar-refractivity contribution is 5.92. The van der Waals surface area contributed by atoms with Gasteiger partial charge in [0.05, 0.1) is 0 Å². The van der Waals surface area contributed by atoms with E-state index in [9.17, 15) is 9.59 Å². The molecule has 1 aromatic rings. The van der Waals surface area contributed by atoms with Gasteiger partial charge in [0.15, 0.2) is 5.69 Å². The van der Waals surface area contributed by atoms with Crippen LogP contribution in [0.2, 0.25) is 0 Å². The standard InChI is InChI=1S/C19H25N3O3/c1-2-11-22-17(23)7-10-19(22)8-5-14(6-9-19)20-18(24)15-12-16(25-21-15)13-3-4-13/h2,12-14H,1,3-11H2,(H,20,24). The number of likely N-dealkylation sites (tertiary alicyclic amines) is 1. The molecule has 1 aromatic heterocycles. The molecule has 1 spiro atoms. The fraction of sp³-hybridized carbons (Fsp3) is 0.632. The molecule has 6 nitrogen and oxygen atoms in total. The minimum atomic E-state index is -0.151. The number of nitrogens with zero attached hydrogens (tertiary/aromatic N) is 2. The number of nitrogens with one attached hydrogen (secondary N) is 1. The minimum absolute atomic E-state index is 0.0282. The van der Waals surface area contributed by atoms with Gasteiger partial charge < -0.3 is 14.7 Å². The Morgan fingerprint density at radius 3 is 2.80 bits per heavy atom. The number of rotatable bonds is 5. The van der Waals surface area contributed by atoms with Crippen LogP contribution in [0.5, 0.6) is 0 Å². The van der Waals surface area contributed by atoms with Crippen LogP contribution in [-0.4, -0.2) is 40.0 Å². The van der Waals surface area contributed by atoms with Gasteiger partial charge in [0.1, 0.15) is 5.76 Å². The van der Waals surface area contributed by atoms with Crippen LogP contribution in [0, 0.1) is 0 Å². The molecule has 4 rings (SSSR count). The van der Waals surface area contributed by atoms with E-state index in [1.165, 1.54) is 0 Å². The second-order valence-electron chi connectivity index (χ2n) is 7.65. The lowest BCUT2D eigenvalue weighted by Gasteiger charge is -2.43. The van der Waals surface area contributed by atoms with E-state index in [0.717, 1.165) is 50.7 Å². The molecule has 3 fully saturated rings. The summed E-state index contributed by atoms with van der Waals surface area (Å²) in [6, 6.07) is 1.92. The fourth-order valence-electron chi connectivity index (χ4n) is 4.33. The molecule has 25 heavy (non-hydrogen) atoms. The highest BCUT2D eigenvalue weighted by Crippen LogP contribution is 2.42. The van der Waals surface area contributed by atoms with Crippen LogP contribution in [0.4, 0.5) is 0 Å². The smallest absolute Gasteiger partial charge is 0.273 e. The van der Waals surface area contributed by atoms with Crippen LogP contribution in [-0.2, 0) is 4.79 Å². The molecule has 3 aliphatic rings. The Labute approximate surface area is 147 Å². The lowest BCUT2D eigenvalue weighted by molar-refractivity contribution is -0.131. The molecule has 6 heteroatoms. The van der Waals surface area contributed by atoms with Crippen molar-refractivity contribution in [2.24, 2.45) is 0 Å². The monoisotopic (exact) mass is 343 g/mol. The third-order valence-electron chi connectivity index (χ3n) is 5.98. The Morgan fingerprint density at radius 1 is 1.36 bits per heavy atom. The normalized spacial score (nSPS) is 29.2. The number of carbonyl (C=O) groups excluding carboxylic acids is 2. The first kappa shape index (κ1) is 16.4. The summed E-state index contributed by atoms with van der Waals surface area (Å²) in [4.78, 5) is 26.5. The lowest BCUT2D eigenvalue weighted by Crippen LogP contribution is -2.51. The first-order valence-corrected chi connectivity index (χ1v) is 9.30. The zero-order valence-electron chi connectivity index (χ0n) is 14.5. The third kappa shape index (κ3) is 3.10. The van der Waals surface area contributed by atoms with Crippen molar-refractivity contribution in [1.82, 2.24) is 15.4 Å². The summed E-state index contributed by atoms with van der Waals surface area (Å²) in [6.07, 6.45) is 9.26. The molecule has 0 bridgehead atoms. The van der Waals surface area contributed by atoms with Crippen LogP contribution in [0.1, 0.15) is 73.5 Å². The number of hydrogen-bond acceptors (Lipinski definition) is 4. The SMILES string of the molecule is C=CCN1C(=O)CCC12CCC(NC(=O)c1cc(C3CC3)on1)CC2. The van der Waals surface area contributed by atoms with Gasteiger partial charge in [-0.1, -0.05) is 11.2 Å². The van der Waals surface area contributed by atoms with Crippen LogP contribution >= 0.6 is 0 Å². The van der Waals surface area contributed by atoms with Crippen LogP contribution in [0.3, 0.4) is 0 Å². The summed E-state index contributed by atoms with van der Waals surface area (Å²) in [5.41, 5.74) is 0.353. The third-order valence-corrected chi connectivity index (χ3v) is 5.98. The van der Waals surface area contributed by atoms with Gasteiger partial charge >= 0.3 is 0 Å². The van der Waals surface area contributed by atoms with E-state index in [0.29, 0.717) is 24.6 Å². The molecule has 0 unspecified atom stereocenters. The predicted octanol–water partition coefficient (Wildman–Crippen LogP) is 2.77. The van der Waals surface area contributed by atoms with Gasteiger partial charge in [0, 0.05) is 36.5 Å². The first-order chi connectivity index (χ1) is 12.1. The molecule has 1 saturated heterocycles. The summed E-state index contributed by atoms with van der Waals surface area (Å²) in [6.45, 7) is 4.40. The lowest BCUT2D eigenvalue weighted by atomic mass is 9.77. The van der Waals surface area contributed by atoms with Gasteiger partial charge in [-0.05, 0) is 44.9 Å². The Morgan fingerprint density at radius 2 is 2.12 bits per heavy atom. The molecule has 0 atom stereocenters. The molecule has 0 aromatic carbocycles. The van der Waals surface area contributed by atoms with Crippen molar-refractivity contribution < 1.29 is 14.1 Å². The second-order valence-corrected chi connectivity index (χ2v) is 7.65. The van der Waals surface area contributed by atoms with E-state index >= 15 is 0 Å². The van der Waals surface area contributed by atoms with Gasteiger partial charge in [-0.25, -0.2) is 0 Å². The molecule has 2 amide bonds. The molecule has 1 aliphatic heterocycles. The van der Waals surface area contributed by atoms with Gasteiger partial charge in [-0.2, -0.15) is 0 Å². The van der Waals surface area contributed by atoms with Crippen molar-refractivity contribution in [2.75, 3.05) is 6.54 Å². The van der Waals surface area contributed by atoms with Crippen molar-refractivity contribution in [3.8, 4) is 0 Å². The summed E-state index contributed by atoms with van der Waals surface area (Å²) >= 11 is 0. The maximum Gasteiger partial charge on any atom is 0.273 e. The van der Waals surface area contributed by atoms with Crippen LogP contribution in [0.25, 0.3) is 0 Å². The molecule has 2 heterocycles. The maximum atomic E-state index is 12.4. The number of hydrogen-bond donors (Lipinski definition) is 1. The van der Waals surface area contributed by atoms with Gasteiger partial charge in [-0.15, -0.1) is 6.58 Å². The molecule has 134 valence electrons. The molecular weight excluding hydrogens is 318 g/mol. The second kappa shape index (κ2) is 6.32. The first-order valence-electron chi connectivity index (χ1n) is 9.30. The van der Waals surface area contributed by atoms with E-state index in [1.807, 2.05) is 4.90 Å². The Hall–Kier alpha value is -2.11. The van der Waals surface area contributed by atoms with Crippen molar-refractivity contribution >= 4 is 11.8 Å². The number of amides is 2. The van der Waals surface area contributed by atoms with E-state index in [4.69, 9.17) is 4.52 Å². The summed E-state index contributed by atoms with van der Waals surface area (Å²) in [5.74, 6) is 1.37. The van der Waals surface area contributed by atoms with E-state index < -0.39 is 0 Å². The molecule has 0 radical (unpaired) electrons. The van der Waals surface area contributed by atoms with E-state index in [1.54, 1.807) is 12.1 Å². The topological polar surface area (TPSA) is 75.4 Å². The van der Waals surface area contributed by atoms with Crippen molar-refractivity contribution in [3.05, 3.63) is 30.2 Å². The molecule has 1 N–H and O–H groups in total. The molecular formula is C19H25N3O3. The van der Waals surface area contributed by atoms with Crippen molar-refractivity contribution in [3.63, 3.8) is 0 Å². The number of carbonyl (C=O) groups is 2. The van der Waals surface area contributed by atoms with Crippen molar-refractivity contribution in [2.45, 2.75) is 68.9 Å². The summed E-state index contributed by atoms with van der Waals surface area (Å²) in [5, 5.41) is 7.00. The molecule has 2 aliphatic carbocycles. The summed E-state index contributed by atoms with van der Waals surface area (Å²) in [7, 11) is 0. The Balaban J connectivity index is 1.34. The zero-order chi connectivity index (χ0) is 17.4. The minimum Gasteiger partial charge on any atom is -0.360 e. The van der Waals surface area contributed by atoms with Gasteiger partial charge in [-0.3, -0.25) is 9.59 Å². The van der Waals surface area contributed by atoms with Gasteiger partial charge in [0.25, 0.3) is 5.91 Å². The van der Waals surface area contributed by atoms with E-state index in [-0.39, 0.29) is 23.4 Å². The highest BCUT2D eigenvalue weighted by atomic mass is 16.5. The maximum absolute atomic E-state index is 12.4. The number of aromatic nitrogens is 1. The largest absolute Gasteiger partial charge is 0.360 e. The quantitative estimate of drug-likeness (QED) is 0.834. The van der Waals surface area contributed by atoms with Crippen LogP contribution < -0.4 is 5.32 Å².